The van der Waals surface area contributed by atoms with Gasteiger partial charge in [-0.3, -0.25) is 15.8 Å². The monoisotopic (exact) mass is 431 g/mol. The van der Waals surface area contributed by atoms with E-state index in [-0.39, 0.29) is 21.1 Å². The summed E-state index contributed by atoms with van der Waals surface area (Å²) in [6.07, 6.45) is -3.75. The lowest BCUT2D eigenvalue weighted by Gasteiger charge is -2.24. The van der Waals surface area contributed by atoms with E-state index < -0.39 is 11.7 Å². The maximum absolute atomic E-state index is 12.9. The highest BCUT2D eigenvalue weighted by Gasteiger charge is 2.32. The SMILES string of the molecule is CC(C)(C)C(=NCCc1ccccc1)NNc1c(Cl)cc(C(F)(F)F)cc1Cl. The number of nitrogens with zero attached hydrogens (tertiary/aromatic N) is 1. The second-order valence-corrected chi connectivity index (χ2v) is 8.09. The number of hydrogen-bond acceptors (Lipinski definition) is 2. The molecule has 0 aliphatic rings. The summed E-state index contributed by atoms with van der Waals surface area (Å²) in [4.78, 5) is 4.60. The molecular formula is C20H22Cl2F3N3. The minimum atomic E-state index is -4.52. The zero-order chi connectivity index (χ0) is 20.9. The van der Waals surface area contributed by atoms with Gasteiger partial charge >= 0.3 is 6.18 Å². The lowest BCUT2D eigenvalue weighted by atomic mass is 9.95. The van der Waals surface area contributed by atoms with E-state index in [1.807, 2.05) is 51.1 Å². The van der Waals surface area contributed by atoms with Gasteiger partial charge in [-0.1, -0.05) is 74.3 Å². The Morgan fingerprint density at radius 2 is 1.57 bits per heavy atom. The number of hydrazine groups is 1. The number of anilines is 1. The van der Waals surface area contributed by atoms with Gasteiger partial charge in [0, 0.05) is 12.0 Å². The molecule has 0 heterocycles. The highest BCUT2D eigenvalue weighted by molar-refractivity contribution is 6.39. The number of alkyl halides is 3. The zero-order valence-electron chi connectivity index (χ0n) is 15.8. The molecule has 28 heavy (non-hydrogen) atoms. The van der Waals surface area contributed by atoms with Crippen molar-refractivity contribution in [3.8, 4) is 0 Å². The number of aliphatic imine (C=N–C) groups is 1. The number of benzene rings is 2. The topological polar surface area (TPSA) is 36.4 Å². The Kier molecular flexibility index (Phi) is 7.23. The van der Waals surface area contributed by atoms with Crippen LogP contribution in [-0.4, -0.2) is 12.4 Å². The highest BCUT2D eigenvalue weighted by atomic mass is 35.5. The van der Waals surface area contributed by atoms with Gasteiger partial charge in [0.05, 0.1) is 21.3 Å². The molecule has 0 unspecified atom stereocenters. The Labute approximate surface area is 172 Å². The van der Waals surface area contributed by atoms with Crippen molar-refractivity contribution in [2.45, 2.75) is 33.4 Å². The van der Waals surface area contributed by atoms with Gasteiger partial charge < -0.3 is 0 Å². The quantitative estimate of drug-likeness (QED) is 0.317. The molecule has 0 bridgehead atoms. The van der Waals surface area contributed by atoms with E-state index in [4.69, 9.17) is 23.2 Å². The molecule has 2 aromatic carbocycles. The molecule has 0 saturated carbocycles. The van der Waals surface area contributed by atoms with Gasteiger partial charge in [0.1, 0.15) is 5.84 Å². The van der Waals surface area contributed by atoms with E-state index >= 15 is 0 Å². The van der Waals surface area contributed by atoms with Crippen LogP contribution >= 0.6 is 23.2 Å². The van der Waals surface area contributed by atoms with Gasteiger partial charge in [0.2, 0.25) is 0 Å². The van der Waals surface area contributed by atoms with Crippen LogP contribution in [0.25, 0.3) is 0 Å². The molecule has 0 spiro atoms. The summed E-state index contributed by atoms with van der Waals surface area (Å²) in [5.74, 6) is 0.635. The Morgan fingerprint density at radius 1 is 1.00 bits per heavy atom. The van der Waals surface area contributed by atoms with E-state index in [9.17, 15) is 13.2 Å². The standard InChI is InChI=1S/C20H22Cl2F3N3/c1-19(2,3)18(26-10-9-13-7-5-4-6-8-13)28-27-17-15(21)11-14(12-16(17)22)20(23,24)25/h4-8,11-12,27H,9-10H2,1-3H3,(H,26,28). The van der Waals surface area contributed by atoms with Gasteiger partial charge in [0.25, 0.3) is 0 Å². The van der Waals surface area contributed by atoms with Crippen molar-refractivity contribution in [3.05, 3.63) is 63.6 Å². The lowest BCUT2D eigenvalue weighted by Crippen LogP contribution is -2.39. The molecule has 152 valence electrons. The van der Waals surface area contributed by atoms with Crippen molar-refractivity contribution in [3.63, 3.8) is 0 Å². The lowest BCUT2D eigenvalue weighted by molar-refractivity contribution is -0.137. The molecular weight excluding hydrogens is 410 g/mol. The largest absolute Gasteiger partial charge is 0.416 e. The molecule has 0 radical (unpaired) electrons. The predicted octanol–water partition coefficient (Wildman–Crippen LogP) is 6.62. The van der Waals surface area contributed by atoms with Crippen LogP contribution in [-0.2, 0) is 12.6 Å². The van der Waals surface area contributed by atoms with Crippen LogP contribution in [0, 0.1) is 5.41 Å². The Hall–Kier alpha value is -1.92. The van der Waals surface area contributed by atoms with Gasteiger partial charge in [-0.15, -0.1) is 0 Å². The van der Waals surface area contributed by atoms with Crippen LogP contribution in [0.4, 0.5) is 18.9 Å². The number of halogens is 5. The number of amidine groups is 1. The highest BCUT2D eigenvalue weighted by Crippen LogP contribution is 2.38. The molecule has 0 aromatic heterocycles. The van der Waals surface area contributed by atoms with Gasteiger partial charge in [0.15, 0.2) is 0 Å². The van der Waals surface area contributed by atoms with Gasteiger partial charge in [-0.25, -0.2) is 0 Å². The molecule has 0 atom stereocenters. The molecule has 3 nitrogen and oxygen atoms in total. The zero-order valence-corrected chi connectivity index (χ0v) is 17.3. The van der Waals surface area contributed by atoms with Gasteiger partial charge in [-0.05, 0) is 24.1 Å². The predicted molar refractivity (Wildman–Crippen MR) is 110 cm³/mol. The van der Waals surface area contributed by atoms with Crippen molar-refractivity contribution >= 4 is 34.7 Å². The first kappa shape index (κ1) is 22.4. The Morgan fingerprint density at radius 3 is 2.07 bits per heavy atom. The molecule has 2 aromatic rings. The van der Waals surface area contributed by atoms with Crippen LogP contribution in [0.1, 0.15) is 31.9 Å². The van der Waals surface area contributed by atoms with Crippen LogP contribution < -0.4 is 10.9 Å². The van der Waals surface area contributed by atoms with Crippen molar-refractivity contribution in [1.82, 2.24) is 5.43 Å². The van der Waals surface area contributed by atoms with E-state index in [1.54, 1.807) is 0 Å². The average Bonchev–Trinajstić information content (AvgIpc) is 2.58. The number of hydrogen-bond donors (Lipinski definition) is 2. The van der Waals surface area contributed by atoms with Crippen LogP contribution in [0.15, 0.2) is 47.5 Å². The first-order valence-corrected chi connectivity index (χ1v) is 9.41. The fraction of sp³-hybridized carbons (Fsp3) is 0.350. The molecule has 0 amide bonds. The molecule has 0 saturated heterocycles. The third-order valence-electron chi connectivity index (χ3n) is 3.90. The van der Waals surface area contributed by atoms with Gasteiger partial charge in [-0.2, -0.15) is 13.2 Å². The first-order valence-electron chi connectivity index (χ1n) is 8.65. The Balaban J connectivity index is 2.13. The second-order valence-electron chi connectivity index (χ2n) is 7.28. The summed E-state index contributed by atoms with van der Waals surface area (Å²) >= 11 is 12.0. The van der Waals surface area contributed by atoms with Crippen LogP contribution in [0.5, 0.6) is 0 Å². The fourth-order valence-corrected chi connectivity index (χ4v) is 2.97. The van der Waals surface area contributed by atoms with E-state index in [0.29, 0.717) is 12.4 Å². The maximum atomic E-state index is 12.9. The van der Waals surface area contributed by atoms with E-state index in [2.05, 4.69) is 15.8 Å². The third kappa shape index (κ3) is 6.31. The number of nitrogens with one attached hydrogen (secondary N) is 2. The number of rotatable bonds is 5. The summed E-state index contributed by atoms with van der Waals surface area (Å²) in [7, 11) is 0. The molecule has 0 aliphatic heterocycles. The van der Waals surface area contributed by atoms with Crippen LogP contribution in [0.2, 0.25) is 10.0 Å². The molecule has 0 fully saturated rings. The summed E-state index contributed by atoms with van der Waals surface area (Å²) in [5, 5.41) is -0.269. The molecule has 0 aliphatic carbocycles. The summed E-state index contributed by atoms with van der Waals surface area (Å²) in [6.45, 7) is 6.47. The second kappa shape index (κ2) is 9.05. The molecule has 8 heteroatoms. The fourth-order valence-electron chi connectivity index (χ4n) is 2.38. The minimum Gasteiger partial charge on any atom is -0.297 e. The summed E-state index contributed by atoms with van der Waals surface area (Å²) in [5.41, 5.74) is 5.86. The van der Waals surface area contributed by atoms with Crippen LogP contribution in [0.3, 0.4) is 0 Å². The van der Waals surface area contributed by atoms with Crippen molar-refractivity contribution in [2.75, 3.05) is 12.0 Å². The smallest absolute Gasteiger partial charge is 0.297 e. The summed E-state index contributed by atoms with van der Waals surface area (Å²) < 4.78 is 38.6. The van der Waals surface area contributed by atoms with Crippen molar-refractivity contribution in [1.29, 1.82) is 0 Å². The molecule has 2 N–H and O–H groups in total. The Bertz CT molecular complexity index is 806. The summed E-state index contributed by atoms with van der Waals surface area (Å²) in [6, 6.07) is 11.6. The first-order chi connectivity index (χ1) is 13.0. The normalized spacial score (nSPS) is 12.8. The van der Waals surface area contributed by atoms with Crippen molar-refractivity contribution < 1.29 is 13.2 Å². The maximum Gasteiger partial charge on any atom is 0.416 e. The minimum absolute atomic E-state index is 0.134. The van der Waals surface area contributed by atoms with E-state index in [0.717, 1.165) is 18.6 Å². The van der Waals surface area contributed by atoms with E-state index in [1.165, 1.54) is 5.56 Å². The third-order valence-corrected chi connectivity index (χ3v) is 4.50. The average molecular weight is 432 g/mol. The molecule has 2 rings (SSSR count). The van der Waals surface area contributed by atoms with Crippen molar-refractivity contribution in [2.24, 2.45) is 10.4 Å².